The van der Waals surface area contributed by atoms with Gasteiger partial charge in [0.05, 0.1) is 15.6 Å². The van der Waals surface area contributed by atoms with E-state index >= 15 is 0 Å². The molecular formula is C20H15Cl2NO5S. The molecule has 0 bridgehead atoms. The van der Waals surface area contributed by atoms with E-state index in [1.165, 1.54) is 48.5 Å². The van der Waals surface area contributed by atoms with E-state index < -0.39 is 22.5 Å². The first kappa shape index (κ1) is 21.0. The Morgan fingerprint density at radius 2 is 1.55 bits per heavy atom. The van der Waals surface area contributed by atoms with E-state index in [0.29, 0.717) is 21.5 Å². The first-order chi connectivity index (χ1) is 13.8. The summed E-state index contributed by atoms with van der Waals surface area (Å²) in [6.07, 6.45) is 0. The van der Waals surface area contributed by atoms with Gasteiger partial charge >= 0.3 is 5.97 Å². The van der Waals surface area contributed by atoms with Crippen LogP contribution in [-0.4, -0.2) is 26.0 Å². The number of hydrogen-bond acceptors (Lipinski definition) is 4. The van der Waals surface area contributed by atoms with E-state index in [9.17, 15) is 18.3 Å². The predicted octanol–water partition coefficient (Wildman–Crippen LogP) is 5.07. The molecule has 0 aliphatic rings. The van der Waals surface area contributed by atoms with Gasteiger partial charge in [0.2, 0.25) is 0 Å². The van der Waals surface area contributed by atoms with Crippen LogP contribution in [0.25, 0.3) is 0 Å². The van der Waals surface area contributed by atoms with Crippen LogP contribution in [0.3, 0.4) is 0 Å². The minimum absolute atomic E-state index is 0.0831. The zero-order valence-corrected chi connectivity index (χ0v) is 17.2. The highest BCUT2D eigenvalue weighted by Crippen LogP contribution is 2.30. The Morgan fingerprint density at radius 3 is 2.14 bits per heavy atom. The van der Waals surface area contributed by atoms with Crippen molar-refractivity contribution in [1.29, 1.82) is 0 Å². The molecule has 0 atom stereocenters. The molecule has 0 unspecified atom stereocenters. The van der Waals surface area contributed by atoms with Gasteiger partial charge in [-0.1, -0.05) is 35.3 Å². The third-order valence-corrected chi connectivity index (χ3v) is 6.22. The molecule has 0 aromatic heterocycles. The number of aliphatic carboxylic acids is 1. The molecule has 0 amide bonds. The molecule has 0 fully saturated rings. The Balaban J connectivity index is 1.90. The van der Waals surface area contributed by atoms with E-state index in [1.807, 2.05) is 0 Å². The standard InChI is InChI=1S/C20H15Cl2NO5S/c21-14-5-7-15(8-6-14)23(13-20(24)25)29(26,27)17-11-9-16(10-12-17)28-19-4-2-1-3-18(19)22/h1-12H,13H2,(H,24,25). The quantitative estimate of drug-likeness (QED) is 0.542. The van der Waals surface area contributed by atoms with Crippen molar-refractivity contribution >= 4 is 44.9 Å². The Hall–Kier alpha value is -2.74. The lowest BCUT2D eigenvalue weighted by Gasteiger charge is -2.23. The number of carbonyl (C=O) groups is 1. The van der Waals surface area contributed by atoms with E-state index in [-0.39, 0.29) is 10.6 Å². The fourth-order valence-electron chi connectivity index (χ4n) is 2.51. The van der Waals surface area contributed by atoms with Crippen LogP contribution in [-0.2, 0) is 14.8 Å². The van der Waals surface area contributed by atoms with Crippen molar-refractivity contribution in [3.05, 3.63) is 82.8 Å². The lowest BCUT2D eigenvalue weighted by atomic mass is 10.3. The first-order valence-corrected chi connectivity index (χ1v) is 10.5. The minimum Gasteiger partial charge on any atom is -0.480 e. The monoisotopic (exact) mass is 451 g/mol. The molecule has 3 aromatic rings. The maximum atomic E-state index is 13.0. The number of para-hydroxylation sites is 1. The summed E-state index contributed by atoms with van der Waals surface area (Å²) < 4.78 is 32.5. The number of nitrogens with zero attached hydrogens (tertiary/aromatic N) is 1. The summed E-state index contributed by atoms with van der Waals surface area (Å²) >= 11 is 11.9. The lowest BCUT2D eigenvalue weighted by Crippen LogP contribution is -2.35. The summed E-state index contributed by atoms with van der Waals surface area (Å²) in [7, 11) is -4.13. The van der Waals surface area contributed by atoms with Gasteiger partial charge in [-0.05, 0) is 60.7 Å². The Bertz CT molecular complexity index is 1120. The minimum atomic E-state index is -4.13. The third kappa shape index (κ3) is 5.00. The number of anilines is 1. The predicted molar refractivity (Wildman–Crippen MR) is 112 cm³/mol. The molecule has 3 aromatic carbocycles. The zero-order valence-electron chi connectivity index (χ0n) is 14.8. The average molecular weight is 452 g/mol. The van der Waals surface area contributed by atoms with Crippen LogP contribution >= 0.6 is 23.2 Å². The van der Waals surface area contributed by atoms with Crippen LogP contribution in [0.2, 0.25) is 10.0 Å². The summed E-state index contributed by atoms with van der Waals surface area (Å²) in [4.78, 5) is 11.2. The number of halogens is 2. The Morgan fingerprint density at radius 1 is 0.931 bits per heavy atom. The van der Waals surface area contributed by atoms with Crippen molar-refractivity contribution in [2.75, 3.05) is 10.8 Å². The number of hydrogen-bond donors (Lipinski definition) is 1. The van der Waals surface area contributed by atoms with Gasteiger partial charge in [0.25, 0.3) is 10.0 Å². The van der Waals surface area contributed by atoms with Crippen LogP contribution in [0.4, 0.5) is 5.69 Å². The molecule has 0 aliphatic carbocycles. The second-order valence-corrected chi connectivity index (χ2v) is 8.59. The van der Waals surface area contributed by atoms with E-state index in [2.05, 4.69) is 0 Å². The third-order valence-electron chi connectivity index (χ3n) is 3.87. The van der Waals surface area contributed by atoms with Crippen molar-refractivity contribution in [2.45, 2.75) is 4.90 Å². The number of rotatable bonds is 7. The van der Waals surface area contributed by atoms with Gasteiger partial charge in [0, 0.05) is 5.02 Å². The van der Waals surface area contributed by atoms with Gasteiger partial charge in [0.1, 0.15) is 18.0 Å². The fraction of sp³-hybridized carbons (Fsp3) is 0.0500. The Kier molecular flexibility index (Phi) is 6.32. The second-order valence-electron chi connectivity index (χ2n) is 5.89. The highest BCUT2D eigenvalue weighted by Gasteiger charge is 2.27. The fourth-order valence-corrected chi connectivity index (χ4v) is 4.22. The molecule has 1 N–H and O–H groups in total. The second kappa shape index (κ2) is 8.73. The highest BCUT2D eigenvalue weighted by atomic mass is 35.5. The van der Waals surface area contributed by atoms with E-state index in [1.54, 1.807) is 24.3 Å². The molecule has 0 aliphatic heterocycles. The molecule has 6 nitrogen and oxygen atoms in total. The largest absolute Gasteiger partial charge is 0.480 e. The normalized spacial score (nSPS) is 11.1. The molecule has 0 spiro atoms. The maximum Gasteiger partial charge on any atom is 0.324 e. The van der Waals surface area contributed by atoms with Crippen molar-refractivity contribution in [2.24, 2.45) is 0 Å². The van der Waals surface area contributed by atoms with E-state index in [0.717, 1.165) is 4.31 Å². The Labute approximate surface area is 177 Å². The summed E-state index contributed by atoms with van der Waals surface area (Å²) in [6.45, 7) is -0.734. The van der Waals surface area contributed by atoms with Gasteiger partial charge in [-0.2, -0.15) is 0 Å². The van der Waals surface area contributed by atoms with Gasteiger partial charge < -0.3 is 9.84 Å². The van der Waals surface area contributed by atoms with E-state index in [4.69, 9.17) is 27.9 Å². The summed E-state index contributed by atoms with van der Waals surface area (Å²) in [5.74, 6) is -0.478. The zero-order chi connectivity index (χ0) is 21.0. The summed E-state index contributed by atoms with van der Waals surface area (Å²) in [6, 6.07) is 18.4. The molecule has 150 valence electrons. The smallest absolute Gasteiger partial charge is 0.324 e. The molecule has 0 saturated heterocycles. The van der Waals surface area contributed by atoms with Crippen molar-refractivity contribution in [3.8, 4) is 11.5 Å². The van der Waals surface area contributed by atoms with Crippen LogP contribution in [0.5, 0.6) is 11.5 Å². The average Bonchev–Trinajstić information content (AvgIpc) is 2.69. The maximum absolute atomic E-state index is 13.0. The van der Waals surface area contributed by atoms with Gasteiger partial charge in [-0.15, -0.1) is 0 Å². The number of carboxylic acid groups (broad SMARTS) is 1. The molecule has 29 heavy (non-hydrogen) atoms. The highest BCUT2D eigenvalue weighted by molar-refractivity contribution is 7.92. The lowest BCUT2D eigenvalue weighted by molar-refractivity contribution is -0.135. The number of carboxylic acids is 1. The van der Waals surface area contributed by atoms with Crippen LogP contribution in [0.1, 0.15) is 0 Å². The SMILES string of the molecule is O=C(O)CN(c1ccc(Cl)cc1)S(=O)(=O)c1ccc(Oc2ccccc2Cl)cc1. The number of sulfonamides is 1. The van der Waals surface area contributed by atoms with Crippen molar-refractivity contribution < 1.29 is 23.1 Å². The summed E-state index contributed by atoms with van der Waals surface area (Å²) in [5.41, 5.74) is 0.188. The van der Waals surface area contributed by atoms with Gasteiger partial charge in [-0.3, -0.25) is 9.10 Å². The summed E-state index contributed by atoms with van der Waals surface area (Å²) in [5, 5.41) is 10.0. The van der Waals surface area contributed by atoms with Gasteiger partial charge in [-0.25, -0.2) is 8.42 Å². The number of benzene rings is 3. The first-order valence-electron chi connectivity index (χ1n) is 8.30. The molecule has 0 radical (unpaired) electrons. The topological polar surface area (TPSA) is 83.9 Å². The molecule has 0 saturated carbocycles. The van der Waals surface area contributed by atoms with Gasteiger partial charge in [0.15, 0.2) is 0 Å². The number of ether oxygens (including phenoxy) is 1. The van der Waals surface area contributed by atoms with Crippen LogP contribution in [0.15, 0.2) is 77.7 Å². The molecular weight excluding hydrogens is 437 g/mol. The molecule has 3 rings (SSSR count). The van der Waals surface area contributed by atoms with Crippen LogP contribution in [0, 0.1) is 0 Å². The van der Waals surface area contributed by atoms with Crippen molar-refractivity contribution in [1.82, 2.24) is 0 Å². The molecule has 9 heteroatoms. The molecule has 0 heterocycles. The van der Waals surface area contributed by atoms with Crippen molar-refractivity contribution in [3.63, 3.8) is 0 Å². The van der Waals surface area contributed by atoms with Crippen LogP contribution < -0.4 is 9.04 Å².